The predicted molar refractivity (Wildman–Crippen MR) is 81.2 cm³/mol. The molecule has 98 valence electrons. The zero-order valence-corrected chi connectivity index (χ0v) is 11.2. The number of H-pyrrole nitrogens is 2. The second-order valence-electron chi connectivity index (χ2n) is 5.14. The lowest BCUT2D eigenvalue weighted by Gasteiger charge is -2.07. The number of aromatic nitrogens is 3. The van der Waals surface area contributed by atoms with E-state index in [9.17, 15) is 4.79 Å². The molecule has 0 aliphatic rings. The summed E-state index contributed by atoms with van der Waals surface area (Å²) in [5.74, 6) is 0. The third kappa shape index (κ3) is 1.25. The summed E-state index contributed by atoms with van der Waals surface area (Å²) in [4.78, 5) is 22.6. The SMILES string of the molecule is Cc1c2cc[nH]c(=O)c2c(C)c2c1[nH]c1ccncc12. The minimum absolute atomic E-state index is 0.0387. The smallest absolute Gasteiger partial charge is 0.256 e. The molecule has 4 aromatic rings. The fourth-order valence-corrected chi connectivity index (χ4v) is 3.13. The molecule has 0 atom stereocenters. The van der Waals surface area contributed by atoms with Crippen molar-refractivity contribution in [3.05, 3.63) is 52.2 Å². The molecule has 1 aromatic carbocycles. The third-order valence-electron chi connectivity index (χ3n) is 4.09. The Balaban J connectivity index is 2.44. The van der Waals surface area contributed by atoms with Gasteiger partial charge in [-0.2, -0.15) is 0 Å². The molecule has 3 aromatic heterocycles. The molecule has 0 saturated carbocycles. The molecule has 0 fully saturated rings. The van der Waals surface area contributed by atoms with Crippen LogP contribution in [-0.2, 0) is 0 Å². The van der Waals surface area contributed by atoms with Crippen molar-refractivity contribution in [1.29, 1.82) is 0 Å². The van der Waals surface area contributed by atoms with Crippen LogP contribution in [0.5, 0.6) is 0 Å². The Kier molecular flexibility index (Phi) is 2.07. The summed E-state index contributed by atoms with van der Waals surface area (Å²) in [6.45, 7) is 4.05. The van der Waals surface area contributed by atoms with Gasteiger partial charge < -0.3 is 9.97 Å². The van der Waals surface area contributed by atoms with Gasteiger partial charge in [0.15, 0.2) is 0 Å². The van der Waals surface area contributed by atoms with E-state index < -0.39 is 0 Å². The average Bonchev–Trinajstić information content (AvgIpc) is 2.84. The number of nitrogens with zero attached hydrogens (tertiary/aromatic N) is 1. The standard InChI is InChI=1S/C16H13N3O/c1-8-10-3-6-18-16(20)14(10)9(2)13-11-7-17-5-4-12(11)19-15(8)13/h3-7,19H,1-2H3,(H,18,20). The van der Waals surface area contributed by atoms with E-state index in [0.29, 0.717) is 0 Å². The first kappa shape index (κ1) is 11.2. The van der Waals surface area contributed by atoms with Crippen LogP contribution in [0, 0.1) is 13.8 Å². The molecule has 3 heterocycles. The maximum Gasteiger partial charge on any atom is 0.256 e. The van der Waals surface area contributed by atoms with Crippen molar-refractivity contribution in [1.82, 2.24) is 15.0 Å². The maximum absolute atomic E-state index is 12.2. The first-order valence-corrected chi connectivity index (χ1v) is 6.54. The highest BCUT2D eigenvalue weighted by Crippen LogP contribution is 2.34. The Morgan fingerprint density at radius 3 is 2.75 bits per heavy atom. The Labute approximate surface area is 114 Å². The van der Waals surface area contributed by atoms with Gasteiger partial charge in [-0.05, 0) is 42.5 Å². The Morgan fingerprint density at radius 2 is 1.90 bits per heavy atom. The van der Waals surface area contributed by atoms with E-state index in [1.54, 1.807) is 12.4 Å². The number of pyridine rings is 2. The largest absolute Gasteiger partial charge is 0.354 e. The second-order valence-corrected chi connectivity index (χ2v) is 5.14. The van der Waals surface area contributed by atoms with Gasteiger partial charge in [-0.25, -0.2) is 0 Å². The van der Waals surface area contributed by atoms with Crippen LogP contribution in [0.1, 0.15) is 11.1 Å². The Bertz CT molecular complexity index is 1040. The fraction of sp³-hybridized carbons (Fsp3) is 0.125. The van der Waals surface area contributed by atoms with Crippen molar-refractivity contribution in [2.75, 3.05) is 0 Å². The lowest BCUT2D eigenvalue weighted by atomic mass is 9.97. The molecule has 0 radical (unpaired) electrons. The van der Waals surface area contributed by atoms with Crippen LogP contribution in [0.15, 0.2) is 35.5 Å². The molecule has 2 N–H and O–H groups in total. The first-order chi connectivity index (χ1) is 9.68. The topological polar surface area (TPSA) is 61.5 Å². The summed E-state index contributed by atoms with van der Waals surface area (Å²) < 4.78 is 0. The molecule has 0 amide bonds. The number of hydrogen-bond acceptors (Lipinski definition) is 2. The molecule has 4 rings (SSSR count). The number of fused-ring (bicyclic) bond motifs is 4. The van der Waals surface area contributed by atoms with Gasteiger partial charge in [0.2, 0.25) is 0 Å². The quantitative estimate of drug-likeness (QED) is 0.512. The van der Waals surface area contributed by atoms with Crippen LogP contribution in [0.25, 0.3) is 32.6 Å². The summed E-state index contributed by atoms with van der Waals surface area (Å²) in [7, 11) is 0. The molecule has 0 aliphatic carbocycles. The summed E-state index contributed by atoms with van der Waals surface area (Å²) >= 11 is 0. The van der Waals surface area contributed by atoms with Crippen molar-refractivity contribution in [3.63, 3.8) is 0 Å². The van der Waals surface area contributed by atoms with E-state index in [1.165, 1.54) is 0 Å². The zero-order valence-electron chi connectivity index (χ0n) is 11.2. The minimum atomic E-state index is -0.0387. The number of aryl methyl sites for hydroxylation is 2. The van der Waals surface area contributed by atoms with Gasteiger partial charge in [-0.1, -0.05) is 0 Å². The summed E-state index contributed by atoms with van der Waals surface area (Å²) in [6.07, 6.45) is 5.33. The Hall–Kier alpha value is -2.62. The normalized spacial score (nSPS) is 11.7. The van der Waals surface area contributed by atoms with Crippen LogP contribution in [0.3, 0.4) is 0 Å². The molecule has 4 nitrogen and oxygen atoms in total. The summed E-state index contributed by atoms with van der Waals surface area (Å²) in [5, 5.41) is 3.92. The van der Waals surface area contributed by atoms with E-state index in [1.807, 2.05) is 32.2 Å². The van der Waals surface area contributed by atoms with Gasteiger partial charge in [0.25, 0.3) is 5.56 Å². The third-order valence-corrected chi connectivity index (χ3v) is 4.09. The van der Waals surface area contributed by atoms with Crippen molar-refractivity contribution >= 4 is 32.6 Å². The lowest BCUT2D eigenvalue weighted by Crippen LogP contribution is -2.07. The molecule has 0 spiro atoms. The van der Waals surface area contributed by atoms with Crippen molar-refractivity contribution < 1.29 is 0 Å². The number of rotatable bonds is 0. The number of aromatic amines is 2. The van der Waals surface area contributed by atoms with Gasteiger partial charge in [0.1, 0.15) is 0 Å². The van der Waals surface area contributed by atoms with Gasteiger partial charge >= 0.3 is 0 Å². The molecule has 0 saturated heterocycles. The molecular weight excluding hydrogens is 250 g/mol. The van der Waals surface area contributed by atoms with E-state index in [4.69, 9.17) is 0 Å². The molecule has 0 bridgehead atoms. The van der Waals surface area contributed by atoms with Gasteiger partial charge in [-0.15, -0.1) is 0 Å². The van der Waals surface area contributed by atoms with Gasteiger partial charge in [0, 0.05) is 34.9 Å². The average molecular weight is 263 g/mol. The van der Waals surface area contributed by atoms with Crippen LogP contribution in [0.4, 0.5) is 0 Å². The second kappa shape index (κ2) is 3.70. The zero-order chi connectivity index (χ0) is 13.9. The highest BCUT2D eigenvalue weighted by atomic mass is 16.1. The number of nitrogens with one attached hydrogen (secondary N) is 2. The highest BCUT2D eigenvalue weighted by Gasteiger charge is 2.15. The van der Waals surface area contributed by atoms with E-state index >= 15 is 0 Å². The number of benzene rings is 1. The van der Waals surface area contributed by atoms with Gasteiger partial charge in [-0.3, -0.25) is 9.78 Å². The summed E-state index contributed by atoms with van der Waals surface area (Å²) in [6, 6.07) is 3.92. The lowest BCUT2D eigenvalue weighted by molar-refractivity contribution is 1.27. The van der Waals surface area contributed by atoms with E-state index in [2.05, 4.69) is 15.0 Å². The van der Waals surface area contributed by atoms with E-state index in [0.717, 1.165) is 43.7 Å². The molecule has 0 unspecified atom stereocenters. The predicted octanol–water partition coefficient (Wildman–Crippen LogP) is 3.17. The molecule has 20 heavy (non-hydrogen) atoms. The van der Waals surface area contributed by atoms with Crippen LogP contribution in [0.2, 0.25) is 0 Å². The molecule has 4 heteroatoms. The Morgan fingerprint density at radius 1 is 1.05 bits per heavy atom. The highest BCUT2D eigenvalue weighted by molar-refractivity contribution is 6.15. The fourth-order valence-electron chi connectivity index (χ4n) is 3.13. The van der Waals surface area contributed by atoms with Crippen LogP contribution < -0.4 is 5.56 Å². The summed E-state index contributed by atoms with van der Waals surface area (Å²) in [5.41, 5.74) is 4.20. The van der Waals surface area contributed by atoms with Crippen molar-refractivity contribution in [2.45, 2.75) is 13.8 Å². The van der Waals surface area contributed by atoms with Crippen LogP contribution >= 0.6 is 0 Å². The number of hydrogen-bond donors (Lipinski definition) is 2. The monoisotopic (exact) mass is 263 g/mol. The van der Waals surface area contributed by atoms with E-state index in [-0.39, 0.29) is 5.56 Å². The van der Waals surface area contributed by atoms with Crippen LogP contribution in [-0.4, -0.2) is 15.0 Å². The van der Waals surface area contributed by atoms with Crippen molar-refractivity contribution in [2.24, 2.45) is 0 Å². The van der Waals surface area contributed by atoms with Gasteiger partial charge in [0.05, 0.1) is 10.9 Å². The molecule has 0 aliphatic heterocycles. The molecular formula is C16H13N3O. The first-order valence-electron chi connectivity index (χ1n) is 6.54. The maximum atomic E-state index is 12.2. The minimum Gasteiger partial charge on any atom is -0.354 e. The van der Waals surface area contributed by atoms with Crippen molar-refractivity contribution in [3.8, 4) is 0 Å².